The highest BCUT2D eigenvalue weighted by Gasteiger charge is 2.31. The molecule has 4 nitrogen and oxygen atoms in total. The smallest absolute Gasteiger partial charge is 0.139 e. The molecule has 0 spiro atoms. The van der Waals surface area contributed by atoms with Crippen LogP contribution in [0.1, 0.15) is 51.4 Å². The molecule has 0 aliphatic heterocycles. The van der Waals surface area contributed by atoms with E-state index in [1.54, 1.807) is 0 Å². The summed E-state index contributed by atoms with van der Waals surface area (Å²) >= 11 is 6.35. The van der Waals surface area contributed by atoms with Crippen LogP contribution in [0.3, 0.4) is 0 Å². The fourth-order valence-electron chi connectivity index (χ4n) is 2.98. The molecule has 1 fully saturated rings. The standard InChI is InChI=1S/C16H25ClN2O2/c1-4-14-16(17)15(19(5-2)18-14)10-12(20)7-11-8-13(9-11)21-6-3/h11,13H,4-10H2,1-3H3. The maximum absolute atomic E-state index is 12.3. The molecule has 1 aliphatic carbocycles. The first-order valence-electron chi connectivity index (χ1n) is 7.96. The molecule has 5 heteroatoms. The van der Waals surface area contributed by atoms with Gasteiger partial charge in [-0.25, -0.2) is 0 Å². The second-order valence-corrected chi connectivity index (χ2v) is 6.09. The Kier molecular flexibility index (Phi) is 5.82. The second-order valence-electron chi connectivity index (χ2n) is 5.71. The predicted molar refractivity (Wildman–Crippen MR) is 83.8 cm³/mol. The Balaban J connectivity index is 1.90. The lowest BCUT2D eigenvalue weighted by Crippen LogP contribution is -2.33. The van der Waals surface area contributed by atoms with Gasteiger partial charge in [-0.2, -0.15) is 5.10 Å². The van der Waals surface area contributed by atoms with Crippen LogP contribution in [-0.4, -0.2) is 28.3 Å². The SMILES string of the molecule is CCOC1CC(CC(=O)Cc2c(Cl)c(CC)nn2CC)C1. The van der Waals surface area contributed by atoms with E-state index in [0.717, 1.165) is 43.8 Å². The van der Waals surface area contributed by atoms with Crippen LogP contribution in [0.4, 0.5) is 0 Å². The van der Waals surface area contributed by atoms with E-state index >= 15 is 0 Å². The maximum Gasteiger partial charge on any atom is 0.139 e. The summed E-state index contributed by atoms with van der Waals surface area (Å²) in [5, 5.41) is 5.14. The van der Waals surface area contributed by atoms with E-state index in [-0.39, 0.29) is 5.78 Å². The third-order valence-corrected chi connectivity index (χ3v) is 4.61. The molecule has 1 saturated carbocycles. The van der Waals surface area contributed by atoms with E-state index in [9.17, 15) is 4.79 Å². The second kappa shape index (κ2) is 7.41. The van der Waals surface area contributed by atoms with Gasteiger partial charge in [-0.1, -0.05) is 18.5 Å². The molecule has 1 heterocycles. The number of ether oxygens (including phenoxy) is 1. The van der Waals surface area contributed by atoms with E-state index in [4.69, 9.17) is 16.3 Å². The highest BCUT2D eigenvalue weighted by molar-refractivity contribution is 6.32. The first-order chi connectivity index (χ1) is 10.1. The van der Waals surface area contributed by atoms with Crippen molar-refractivity contribution in [3.8, 4) is 0 Å². The van der Waals surface area contributed by atoms with Gasteiger partial charge in [0.1, 0.15) is 5.78 Å². The van der Waals surface area contributed by atoms with Crippen LogP contribution in [0, 0.1) is 5.92 Å². The quantitative estimate of drug-likeness (QED) is 0.738. The zero-order valence-corrected chi connectivity index (χ0v) is 13.9. The van der Waals surface area contributed by atoms with Gasteiger partial charge < -0.3 is 4.74 Å². The number of carbonyl (C=O) groups excluding carboxylic acids is 1. The van der Waals surface area contributed by atoms with Gasteiger partial charge in [0.2, 0.25) is 0 Å². The molecule has 0 saturated heterocycles. The molecule has 1 aromatic rings. The van der Waals surface area contributed by atoms with Crippen LogP contribution in [0.25, 0.3) is 0 Å². The normalized spacial score (nSPS) is 21.3. The Bertz CT molecular complexity index is 493. The summed E-state index contributed by atoms with van der Waals surface area (Å²) < 4.78 is 7.40. The van der Waals surface area contributed by atoms with Crippen molar-refractivity contribution in [3.63, 3.8) is 0 Å². The van der Waals surface area contributed by atoms with Gasteiger partial charge in [-0.05, 0) is 39.0 Å². The Morgan fingerprint density at radius 2 is 2.10 bits per heavy atom. The number of rotatable bonds is 8. The van der Waals surface area contributed by atoms with Gasteiger partial charge >= 0.3 is 0 Å². The molecule has 0 radical (unpaired) electrons. The number of hydrogen-bond acceptors (Lipinski definition) is 3. The van der Waals surface area contributed by atoms with E-state index in [1.807, 2.05) is 25.5 Å². The lowest BCUT2D eigenvalue weighted by Gasteiger charge is -2.34. The van der Waals surface area contributed by atoms with Gasteiger partial charge in [0.05, 0.1) is 22.5 Å². The average Bonchev–Trinajstić information content (AvgIpc) is 2.73. The Morgan fingerprint density at radius 3 is 2.67 bits per heavy atom. The average molecular weight is 313 g/mol. The minimum absolute atomic E-state index is 0.258. The number of Topliss-reactive ketones (excluding diaryl/α,β-unsaturated/α-hetero) is 1. The van der Waals surface area contributed by atoms with Crippen molar-refractivity contribution in [3.05, 3.63) is 16.4 Å². The summed E-state index contributed by atoms with van der Waals surface area (Å²) in [6, 6.07) is 0. The van der Waals surface area contributed by atoms with Crippen LogP contribution in [0.5, 0.6) is 0 Å². The van der Waals surface area contributed by atoms with Gasteiger partial charge in [-0.3, -0.25) is 9.48 Å². The number of hydrogen-bond donors (Lipinski definition) is 0. The summed E-state index contributed by atoms with van der Waals surface area (Å²) in [5.74, 6) is 0.741. The van der Waals surface area contributed by atoms with Crippen LogP contribution < -0.4 is 0 Å². The number of ketones is 1. The minimum Gasteiger partial charge on any atom is -0.378 e. The first-order valence-corrected chi connectivity index (χ1v) is 8.34. The molecule has 1 aliphatic rings. The Hall–Kier alpha value is -0.870. The zero-order chi connectivity index (χ0) is 15.4. The third kappa shape index (κ3) is 3.86. The number of halogens is 1. The van der Waals surface area contributed by atoms with E-state index in [0.29, 0.717) is 29.9 Å². The summed E-state index contributed by atoms with van der Waals surface area (Å²) in [5.41, 5.74) is 1.77. The van der Waals surface area contributed by atoms with Crippen molar-refractivity contribution in [2.45, 2.75) is 65.5 Å². The van der Waals surface area contributed by atoms with Crippen molar-refractivity contribution in [2.75, 3.05) is 6.61 Å². The van der Waals surface area contributed by atoms with Gasteiger partial charge in [0.15, 0.2) is 0 Å². The molecule has 118 valence electrons. The van der Waals surface area contributed by atoms with E-state index in [1.165, 1.54) is 0 Å². The van der Waals surface area contributed by atoms with Crippen molar-refractivity contribution in [1.82, 2.24) is 9.78 Å². The zero-order valence-electron chi connectivity index (χ0n) is 13.2. The first kappa shape index (κ1) is 16.5. The fourth-order valence-corrected chi connectivity index (χ4v) is 3.32. The summed E-state index contributed by atoms with van der Waals surface area (Å²) in [6.45, 7) is 7.57. The minimum atomic E-state index is 0.258. The highest BCUT2D eigenvalue weighted by atomic mass is 35.5. The van der Waals surface area contributed by atoms with Crippen molar-refractivity contribution in [2.24, 2.45) is 5.92 Å². The number of aryl methyl sites for hydroxylation is 2. The van der Waals surface area contributed by atoms with Crippen LogP contribution >= 0.6 is 11.6 Å². The van der Waals surface area contributed by atoms with Crippen molar-refractivity contribution < 1.29 is 9.53 Å². The van der Waals surface area contributed by atoms with E-state index < -0.39 is 0 Å². The number of carbonyl (C=O) groups is 1. The van der Waals surface area contributed by atoms with Crippen molar-refractivity contribution in [1.29, 1.82) is 0 Å². The van der Waals surface area contributed by atoms with Crippen LogP contribution in [0.2, 0.25) is 5.02 Å². The molecular formula is C16H25ClN2O2. The highest BCUT2D eigenvalue weighted by Crippen LogP contribution is 2.33. The van der Waals surface area contributed by atoms with Gasteiger partial charge in [-0.15, -0.1) is 0 Å². The summed E-state index contributed by atoms with van der Waals surface area (Å²) in [7, 11) is 0. The fraction of sp³-hybridized carbons (Fsp3) is 0.750. The Morgan fingerprint density at radius 1 is 1.38 bits per heavy atom. The molecule has 21 heavy (non-hydrogen) atoms. The number of nitrogens with zero attached hydrogens (tertiary/aromatic N) is 2. The molecule has 2 rings (SSSR count). The molecular weight excluding hydrogens is 288 g/mol. The molecule has 0 bridgehead atoms. The summed E-state index contributed by atoms with van der Waals surface area (Å²) in [6.07, 6.45) is 4.22. The molecule has 0 N–H and O–H groups in total. The monoisotopic (exact) mass is 312 g/mol. The topological polar surface area (TPSA) is 44.1 Å². The number of aromatic nitrogens is 2. The summed E-state index contributed by atoms with van der Waals surface area (Å²) in [4.78, 5) is 12.3. The van der Waals surface area contributed by atoms with Gasteiger partial charge in [0.25, 0.3) is 0 Å². The molecule has 0 atom stereocenters. The lowest BCUT2D eigenvalue weighted by atomic mass is 9.78. The largest absolute Gasteiger partial charge is 0.378 e. The molecule has 0 unspecified atom stereocenters. The van der Waals surface area contributed by atoms with Crippen molar-refractivity contribution >= 4 is 17.4 Å². The predicted octanol–water partition coefficient (Wildman–Crippen LogP) is 3.44. The van der Waals surface area contributed by atoms with Crippen LogP contribution in [0.15, 0.2) is 0 Å². The molecule has 0 aromatic carbocycles. The lowest BCUT2D eigenvalue weighted by molar-refractivity contribution is -0.121. The third-order valence-electron chi connectivity index (χ3n) is 4.17. The molecule has 0 amide bonds. The molecule has 1 aromatic heterocycles. The van der Waals surface area contributed by atoms with Gasteiger partial charge in [0, 0.05) is 26.0 Å². The Labute approximate surface area is 131 Å². The van der Waals surface area contributed by atoms with Crippen LogP contribution in [-0.2, 0) is 28.9 Å². The van der Waals surface area contributed by atoms with E-state index in [2.05, 4.69) is 5.10 Å². The maximum atomic E-state index is 12.3.